The normalized spacial score (nSPS) is 27.8. The van der Waals surface area contributed by atoms with Crippen molar-refractivity contribution in [2.24, 2.45) is 5.92 Å². The highest BCUT2D eigenvalue weighted by Crippen LogP contribution is 2.28. The lowest BCUT2D eigenvalue weighted by molar-refractivity contribution is 0.145. The molecule has 0 aliphatic carbocycles. The van der Waals surface area contributed by atoms with Gasteiger partial charge in [-0.2, -0.15) is 8.78 Å². The lowest BCUT2D eigenvalue weighted by Crippen LogP contribution is -2.48. The minimum Gasteiger partial charge on any atom is -0.382 e. The van der Waals surface area contributed by atoms with Crippen LogP contribution in [-0.4, -0.2) is 36.3 Å². The third kappa shape index (κ3) is 4.09. The monoisotopic (exact) mass is 300 g/mol. The van der Waals surface area contributed by atoms with E-state index in [9.17, 15) is 8.78 Å². The van der Waals surface area contributed by atoms with Crippen LogP contribution < -0.4 is 5.32 Å². The Hall–Kier alpha value is -0.810. The Bertz CT molecular complexity index is 424. The molecule has 1 aliphatic rings. The number of piperidine rings is 1. The van der Waals surface area contributed by atoms with E-state index in [1.165, 1.54) is 0 Å². The molecule has 0 spiro atoms. The quantitative estimate of drug-likeness (QED) is 0.841. The van der Waals surface area contributed by atoms with E-state index in [1.54, 1.807) is 12.1 Å². The predicted molar refractivity (Wildman–Crippen MR) is 81.6 cm³/mol. The number of halogens is 2. The number of rotatable bonds is 4. The summed E-state index contributed by atoms with van der Waals surface area (Å²) in [6.45, 7) is 5.57. The first kappa shape index (κ1) is 15.6. The third-order valence-electron chi connectivity index (χ3n) is 4.04. The van der Waals surface area contributed by atoms with Crippen LogP contribution >= 0.6 is 11.8 Å². The van der Waals surface area contributed by atoms with Crippen LogP contribution in [0.4, 0.5) is 14.5 Å². The molecule has 2 nitrogen and oxygen atoms in total. The predicted octanol–water partition coefficient (Wildman–Crippen LogP) is 4.14. The number of hydrogen-bond acceptors (Lipinski definition) is 3. The number of nitrogens with one attached hydrogen (secondary N) is 1. The van der Waals surface area contributed by atoms with Crippen LogP contribution in [0.25, 0.3) is 0 Å². The van der Waals surface area contributed by atoms with E-state index in [-0.39, 0.29) is 0 Å². The van der Waals surface area contributed by atoms with Gasteiger partial charge in [-0.25, -0.2) is 0 Å². The summed E-state index contributed by atoms with van der Waals surface area (Å²) in [6, 6.07) is 8.29. The summed E-state index contributed by atoms with van der Waals surface area (Å²) in [5.41, 5.74) is 1.01. The van der Waals surface area contributed by atoms with Crippen molar-refractivity contribution in [3.05, 3.63) is 24.3 Å². The van der Waals surface area contributed by atoms with E-state index in [4.69, 9.17) is 0 Å². The van der Waals surface area contributed by atoms with Crippen molar-refractivity contribution in [1.29, 1.82) is 0 Å². The molecular weight excluding hydrogens is 278 g/mol. The molecule has 112 valence electrons. The van der Waals surface area contributed by atoms with Crippen LogP contribution in [0.5, 0.6) is 0 Å². The van der Waals surface area contributed by atoms with Gasteiger partial charge in [0.1, 0.15) is 0 Å². The molecule has 3 unspecified atom stereocenters. The smallest absolute Gasteiger partial charge is 0.288 e. The van der Waals surface area contributed by atoms with Crippen LogP contribution in [0.15, 0.2) is 29.2 Å². The first-order chi connectivity index (χ1) is 9.45. The van der Waals surface area contributed by atoms with Crippen LogP contribution in [0, 0.1) is 5.92 Å². The average molecular weight is 300 g/mol. The van der Waals surface area contributed by atoms with Crippen LogP contribution in [-0.2, 0) is 0 Å². The van der Waals surface area contributed by atoms with Crippen molar-refractivity contribution in [3.63, 3.8) is 0 Å². The molecule has 0 radical (unpaired) electrons. The van der Waals surface area contributed by atoms with Gasteiger partial charge in [-0.1, -0.05) is 18.7 Å². The van der Waals surface area contributed by atoms with Gasteiger partial charge >= 0.3 is 0 Å². The van der Waals surface area contributed by atoms with Crippen molar-refractivity contribution in [2.75, 3.05) is 18.9 Å². The molecule has 0 amide bonds. The highest BCUT2D eigenvalue weighted by molar-refractivity contribution is 7.99. The second-order valence-corrected chi connectivity index (χ2v) is 6.72. The standard InChI is InChI=1S/C15H22F2N2S/c1-10-9-19(3)11(2)8-14(10)18-12-4-6-13(7-5-12)20-15(16)17/h4-7,10-11,14-15,18H,8-9H2,1-3H3. The fourth-order valence-corrected chi connectivity index (χ4v) is 3.19. The van der Waals surface area contributed by atoms with Crippen molar-refractivity contribution >= 4 is 17.4 Å². The van der Waals surface area contributed by atoms with Crippen molar-refractivity contribution in [3.8, 4) is 0 Å². The van der Waals surface area contributed by atoms with Crippen molar-refractivity contribution < 1.29 is 8.78 Å². The summed E-state index contributed by atoms with van der Waals surface area (Å²) in [5, 5.41) is 3.54. The highest BCUT2D eigenvalue weighted by Gasteiger charge is 2.28. The van der Waals surface area contributed by atoms with E-state index < -0.39 is 5.76 Å². The molecule has 1 aliphatic heterocycles. The Morgan fingerprint density at radius 2 is 1.90 bits per heavy atom. The molecular formula is C15H22F2N2S. The fraction of sp³-hybridized carbons (Fsp3) is 0.600. The van der Waals surface area contributed by atoms with Gasteiger partial charge in [0.2, 0.25) is 0 Å². The Kier molecular flexibility index (Phi) is 5.27. The van der Waals surface area contributed by atoms with Gasteiger partial charge in [-0.3, -0.25) is 0 Å². The molecule has 1 fully saturated rings. The molecule has 0 bridgehead atoms. The second kappa shape index (κ2) is 6.76. The summed E-state index contributed by atoms with van der Waals surface area (Å²) >= 11 is 0.587. The van der Waals surface area contributed by atoms with Crippen molar-refractivity contribution in [1.82, 2.24) is 4.90 Å². The molecule has 1 N–H and O–H groups in total. The Balaban J connectivity index is 1.95. The molecule has 3 atom stereocenters. The zero-order valence-electron chi connectivity index (χ0n) is 12.1. The summed E-state index contributed by atoms with van der Waals surface area (Å²) < 4.78 is 24.5. The number of nitrogens with zero attached hydrogens (tertiary/aromatic N) is 1. The summed E-state index contributed by atoms with van der Waals surface area (Å²) in [4.78, 5) is 2.99. The number of thioether (sulfide) groups is 1. The Morgan fingerprint density at radius 3 is 2.50 bits per heavy atom. The topological polar surface area (TPSA) is 15.3 Å². The first-order valence-corrected chi connectivity index (χ1v) is 7.85. The van der Waals surface area contributed by atoms with Gasteiger partial charge in [0.05, 0.1) is 0 Å². The van der Waals surface area contributed by atoms with Gasteiger partial charge in [0.15, 0.2) is 0 Å². The number of hydrogen-bond donors (Lipinski definition) is 1. The van der Waals surface area contributed by atoms with Gasteiger partial charge < -0.3 is 10.2 Å². The maximum atomic E-state index is 12.3. The minimum absolute atomic E-state index is 0.440. The largest absolute Gasteiger partial charge is 0.382 e. The lowest BCUT2D eigenvalue weighted by atomic mass is 9.89. The molecule has 1 aromatic rings. The average Bonchev–Trinajstić information content (AvgIpc) is 2.37. The molecule has 2 rings (SSSR count). The molecule has 1 aromatic carbocycles. The van der Waals surface area contributed by atoms with Crippen molar-refractivity contribution in [2.45, 2.75) is 43.0 Å². The van der Waals surface area contributed by atoms with Gasteiger partial charge in [0, 0.05) is 29.2 Å². The van der Waals surface area contributed by atoms with E-state index in [0.717, 1.165) is 18.7 Å². The van der Waals surface area contributed by atoms with E-state index in [2.05, 4.69) is 31.1 Å². The zero-order valence-corrected chi connectivity index (χ0v) is 13.0. The van der Waals surface area contributed by atoms with E-state index in [0.29, 0.717) is 34.7 Å². The number of likely N-dealkylation sites (tertiary alicyclic amines) is 1. The Labute approximate surface area is 123 Å². The number of benzene rings is 1. The molecule has 20 heavy (non-hydrogen) atoms. The van der Waals surface area contributed by atoms with E-state index in [1.807, 2.05) is 12.1 Å². The highest BCUT2D eigenvalue weighted by atomic mass is 32.2. The number of anilines is 1. The third-order valence-corrected chi connectivity index (χ3v) is 4.76. The van der Waals surface area contributed by atoms with Gasteiger partial charge in [0.25, 0.3) is 5.76 Å². The molecule has 1 saturated heterocycles. The second-order valence-electron chi connectivity index (χ2n) is 5.66. The summed E-state index contributed by atoms with van der Waals surface area (Å²) in [6.07, 6.45) is 1.10. The molecule has 0 aromatic heterocycles. The zero-order chi connectivity index (χ0) is 14.7. The lowest BCUT2D eigenvalue weighted by Gasteiger charge is -2.40. The Morgan fingerprint density at radius 1 is 1.25 bits per heavy atom. The molecule has 0 saturated carbocycles. The van der Waals surface area contributed by atoms with Gasteiger partial charge in [-0.05, 0) is 50.6 Å². The van der Waals surface area contributed by atoms with Crippen LogP contribution in [0.2, 0.25) is 0 Å². The SMILES string of the molecule is CC1CN(C)C(C)CC1Nc1ccc(SC(F)F)cc1. The van der Waals surface area contributed by atoms with Crippen LogP contribution in [0.3, 0.4) is 0 Å². The van der Waals surface area contributed by atoms with Crippen LogP contribution in [0.1, 0.15) is 20.3 Å². The first-order valence-electron chi connectivity index (χ1n) is 6.97. The summed E-state index contributed by atoms with van der Waals surface area (Å²) in [7, 11) is 2.16. The minimum atomic E-state index is -2.36. The number of alkyl halides is 2. The summed E-state index contributed by atoms with van der Waals surface area (Å²) in [5.74, 6) is -1.78. The fourth-order valence-electron chi connectivity index (χ4n) is 2.69. The van der Waals surface area contributed by atoms with Gasteiger partial charge in [-0.15, -0.1) is 0 Å². The molecule has 1 heterocycles. The maximum absolute atomic E-state index is 12.3. The molecule has 5 heteroatoms. The maximum Gasteiger partial charge on any atom is 0.288 e. The van der Waals surface area contributed by atoms with E-state index >= 15 is 0 Å².